The van der Waals surface area contributed by atoms with Crippen molar-refractivity contribution in [2.75, 3.05) is 13.7 Å². The summed E-state index contributed by atoms with van der Waals surface area (Å²) in [5.74, 6) is -1.34. The first kappa shape index (κ1) is 26.3. The summed E-state index contributed by atoms with van der Waals surface area (Å²) in [4.78, 5) is 29.9. The van der Waals surface area contributed by atoms with E-state index in [2.05, 4.69) is 35.9 Å². The summed E-state index contributed by atoms with van der Waals surface area (Å²) in [5, 5.41) is 14.0. The maximum absolute atomic E-state index is 12.7. The molecule has 11 nitrogen and oxygen atoms in total. The van der Waals surface area contributed by atoms with Gasteiger partial charge in [0, 0.05) is 23.0 Å². The van der Waals surface area contributed by atoms with E-state index < -0.39 is 34.0 Å². The average Bonchev–Trinajstić information content (AvgIpc) is 3.29. The number of ether oxygens (including phenoxy) is 1. The second kappa shape index (κ2) is 11.4. The highest BCUT2D eigenvalue weighted by atomic mass is 79.9. The fourth-order valence-electron chi connectivity index (χ4n) is 3.27. The lowest BCUT2D eigenvalue weighted by atomic mass is 10.0. The topological polar surface area (TPSA) is 173 Å². The number of amidine groups is 1. The molecule has 0 spiro atoms. The third-order valence-corrected chi connectivity index (χ3v) is 7.57. The van der Waals surface area contributed by atoms with Gasteiger partial charge in [-0.2, -0.15) is 4.72 Å². The molecule has 2 atom stereocenters. The number of nitrogens with one attached hydrogen (secondary N) is 3. The Morgan fingerprint density at radius 2 is 1.94 bits per heavy atom. The van der Waals surface area contributed by atoms with Crippen LogP contribution in [0.25, 0.3) is 0 Å². The minimum atomic E-state index is -4.08. The minimum absolute atomic E-state index is 0.0420. The Hall–Kier alpha value is -3.29. The van der Waals surface area contributed by atoms with E-state index in [0.29, 0.717) is 22.2 Å². The number of nitrogens with zero attached hydrogens (tertiary/aromatic N) is 1. The number of amides is 1. The Morgan fingerprint density at radius 3 is 2.57 bits per heavy atom. The van der Waals surface area contributed by atoms with Crippen LogP contribution in [0.4, 0.5) is 0 Å². The van der Waals surface area contributed by atoms with Gasteiger partial charge in [-0.25, -0.2) is 8.42 Å². The van der Waals surface area contributed by atoms with Crippen molar-refractivity contribution in [3.63, 3.8) is 0 Å². The lowest BCUT2D eigenvalue weighted by Gasteiger charge is -2.18. The second-order valence-electron chi connectivity index (χ2n) is 7.60. The van der Waals surface area contributed by atoms with Crippen LogP contribution < -0.4 is 15.8 Å². The third-order valence-electron chi connectivity index (χ3n) is 5.09. The monoisotopic (exact) mass is 565 g/mol. The average molecular weight is 566 g/mol. The molecule has 0 aliphatic carbocycles. The molecular formula is C22H24BrN5O6S. The first-order valence-corrected chi connectivity index (χ1v) is 12.7. The Kier molecular flexibility index (Phi) is 8.59. The Balaban J connectivity index is 1.55. The van der Waals surface area contributed by atoms with E-state index in [1.165, 1.54) is 6.07 Å². The smallest absolute Gasteiger partial charge is 0.325 e. The van der Waals surface area contributed by atoms with Crippen LogP contribution in [-0.2, 0) is 29.2 Å². The Morgan fingerprint density at radius 1 is 1.26 bits per heavy atom. The number of carbonyl (C=O) groups is 2. The number of nitrogen functional groups attached to an aromatic ring is 1. The van der Waals surface area contributed by atoms with E-state index >= 15 is 0 Å². The number of halogens is 1. The quantitative estimate of drug-likeness (QED) is 0.190. The Labute approximate surface area is 210 Å². The first-order chi connectivity index (χ1) is 16.6. The van der Waals surface area contributed by atoms with Crippen LogP contribution in [-0.4, -0.2) is 57.6 Å². The van der Waals surface area contributed by atoms with Crippen molar-refractivity contribution in [2.24, 2.45) is 10.9 Å². The lowest BCUT2D eigenvalue weighted by molar-refractivity contribution is -0.142. The number of esters is 1. The van der Waals surface area contributed by atoms with E-state index in [1.54, 1.807) is 42.5 Å². The van der Waals surface area contributed by atoms with E-state index in [9.17, 15) is 18.0 Å². The van der Waals surface area contributed by atoms with Crippen molar-refractivity contribution in [2.45, 2.75) is 29.9 Å². The molecule has 3 rings (SSSR count). The summed E-state index contributed by atoms with van der Waals surface area (Å²) < 4.78 is 32.7. The van der Waals surface area contributed by atoms with E-state index in [4.69, 9.17) is 16.0 Å². The zero-order valence-corrected chi connectivity index (χ0v) is 21.1. The van der Waals surface area contributed by atoms with Crippen molar-refractivity contribution in [3.05, 3.63) is 64.1 Å². The fraction of sp³-hybridized carbons (Fsp3) is 0.273. The normalized spacial score (nSPS) is 16.1. The fourth-order valence-corrected chi connectivity index (χ4v) is 5.46. The van der Waals surface area contributed by atoms with Crippen molar-refractivity contribution in [1.82, 2.24) is 10.0 Å². The van der Waals surface area contributed by atoms with Crippen molar-refractivity contribution < 1.29 is 27.6 Å². The molecule has 186 valence electrons. The third kappa shape index (κ3) is 6.87. The molecule has 0 fully saturated rings. The van der Waals surface area contributed by atoms with Crippen molar-refractivity contribution in [1.29, 1.82) is 5.41 Å². The zero-order valence-electron chi connectivity index (χ0n) is 18.7. The van der Waals surface area contributed by atoms with Gasteiger partial charge in [-0.05, 0) is 33.6 Å². The molecule has 13 heteroatoms. The minimum Gasteiger partial charge on any atom is -0.468 e. The van der Waals surface area contributed by atoms with Crippen LogP contribution in [0.2, 0.25) is 0 Å². The van der Waals surface area contributed by atoms with E-state index in [0.717, 1.165) is 12.7 Å². The van der Waals surface area contributed by atoms with Crippen LogP contribution >= 0.6 is 15.9 Å². The van der Waals surface area contributed by atoms with Gasteiger partial charge >= 0.3 is 5.97 Å². The second-order valence-corrected chi connectivity index (χ2v) is 10.1. The molecular weight excluding hydrogens is 542 g/mol. The molecule has 0 aromatic heterocycles. The molecule has 0 radical (unpaired) electrons. The maximum atomic E-state index is 12.7. The highest BCUT2D eigenvalue weighted by Gasteiger charge is 2.29. The number of hydrogen-bond donors (Lipinski definition) is 4. The summed E-state index contributed by atoms with van der Waals surface area (Å²) in [5.41, 5.74) is 7.47. The zero-order chi connectivity index (χ0) is 25.6. The highest BCUT2D eigenvalue weighted by Crippen LogP contribution is 2.22. The number of benzene rings is 2. The molecule has 5 N–H and O–H groups in total. The number of rotatable bonds is 10. The molecule has 0 bridgehead atoms. The number of carbonyl (C=O) groups excluding carboxylic acids is 2. The molecule has 1 aliphatic heterocycles. The van der Waals surface area contributed by atoms with Crippen LogP contribution in [0.15, 0.2) is 63.1 Å². The molecule has 0 saturated heterocycles. The molecule has 2 aromatic carbocycles. The summed E-state index contributed by atoms with van der Waals surface area (Å²) in [6, 6.07) is 11.7. The predicted molar refractivity (Wildman–Crippen MR) is 131 cm³/mol. The number of methoxy groups -OCH3 is 1. The number of nitrogens with two attached hydrogens (primary N) is 1. The van der Waals surface area contributed by atoms with Gasteiger partial charge in [-0.3, -0.25) is 15.0 Å². The molecule has 1 aliphatic rings. The van der Waals surface area contributed by atoms with Crippen LogP contribution in [0, 0.1) is 5.41 Å². The van der Waals surface area contributed by atoms with Gasteiger partial charge in [0.25, 0.3) is 0 Å². The summed E-state index contributed by atoms with van der Waals surface area (Å²) in [6.45, 7) is -0.317. The van der Waals surface area contributed by atoms with Crippen LogP contribution in [0.1, 0.15) is 24.0 Å². The van der Waals surface area contributed by atoms with Gasteiger partial charge in [0.05, 0.1) is 24.1 Å². The van der Waals surface area contributed by atoms with Crippen LogP contribution in [0.5, 0.6) is 0 Å². The highest BCUT2D eigenvalue weighted by molar-refractivity contribution is 9.10. The summed E-state index contributed by atoms with van der Waals surface area (Å²) in [6.07, 6.45) is -0.197. The predicted octanol–water partition coefficient (Wildman–Crippen LogP) is 1.25. The Bertz CT molecular complexity index is 1250. The van der Waals surface area contributed by atoms with Gasteiger partial charge in [0.2, 0.25) is 15.9 Å². The largest absolute Gasteiger partial charge is 0.468 e. The van der Waals surface area contributed by atoms with E-state index in [1.807, 2.05) is 0 Å². The summed E-state index contributed by atoms with van der Waals surface area (Å²) in [7, 11) is -2.95. The first-order valence-electron chi connectivity index (χ1n) is 10.4. The maximum Gasteiger partial charge on any atom is 0.325 e. The van der Waals surface area contributed by atoms with Gasteiger partial charge in [0.15, 0.2) is 0 Å². The van der Waals surface area contributed by atoms with Crippen molar-refractivity contribution in [3.8, 4) is 0 Å². The van der Waals surface area contributed by atoms with Gasteiger partial charge in [-0.1, -0.05) is 41.6 Å². The molecule has 2 aromatic rings. The molecule has 0 unspecified atom stereocenters. The lowest BCUT2D eigenvalue weighted by Crippen LogP contribution is -2.49. The van der Waals surface area contributed by atoms with Gasteiger partial charge in [-0.15, -0.1) is 0 Å². The molecule has 1 amide bonds. The standard InChI is InChI=1S/C22H24BrN5O6S/c1-33-22(30)18(28-35(31,32)19-5-3-2-4-16(19)23)12-26-20(29)11-15-10-17(27-34-15)13-6-8-14(9-7-13)21(24)25/h2-9,15,18,28H,10-12H2,1H3,(H3,24,25)(H,26,29)/t15-,18+/m1/s1. The molecule has 35 heavy (non-hydrogen) atoms. The van der Waals surface area contributed by atoms with E-state index in [-0.39, 0.29) is 23.7 Å². The van der Waals surface area contributed by atoms with Gasteiger partial charge < -0.3 is 20.6 Å². The molecule has 0 saturated carbocycles. The van der Waals surface area contributed by atoms with Gasteiger partial charge in [0.1, 0.15) is 18.0 Å². The SMILES string of the molecule is COC(=O)[C@H](CNC(=O)C[C@H]1CC(c2ccc(C(=N)N)cc2)=NO1)NS(=O)(=O)c1ccccc1Br. The molecule has 1 heterocycles. The van der Waals surface area contributed by atoms with Crippen molar-refractivity contribution >= 4 is 49.4 Å². The number of oxime groups is 1. The number of sulfonamides is 1. The van der Waals surface area contributed by atoms with Crippen LogP contribution in [0.3, 0.4) is 0 Å². The number of hydrogen-bond acceptors (Lipinski definition) is 8. The summed E-state index contributed by atoms with van der Waals surface area (Å²) >= 11 is 3.17.